The lowest BCUT2D eigenvalue weighted by molar-refractivity contribution is 0.290. The van der Waals surface area contributed by atoms with Crippen molar-refractivity contribution in [3.8, 4) is 5.88 Å². The van der Waals surface area contributed by atoms with Crippen molar-refractivity contribution in [3.63, 3.8) is 0 Å². The second-order valence-electron chi connectivity index (χ2n) is 5.48. The Hall–Kier alpha value is -1.50. The minimum absolute atomic E-state index is 0.0529. The van der Waals surface area contributed by atoms with E-state index in [4.69, 9.17) is 10.5 Å². The zero-order chi connectivity index (χ0) is 14.8. The van der Waals surface area contributed by atoms with E-state index in [1.54, 1.807) is 19.1 Å². The number of aromatic nitrogens is 1. The predicted molar refractivity (Wildman–Crippen MR) is 79.7 cm³/mol. The van der Waals surface area contributed by atoms with Gasteiger partial charge < -0.3 is 15.8 Å². The first-order valence-electron chi connectivity index (χ1n) is 6.67. The van der Waals surface area contributed by atoms with Crippen LogP contribution >= 0.6 is 0 Å². The fourth-order valence-corrected chi connectivity index (χ4v) is 2.87. The molecule has 1 aromatic heterocycles. The van der Waals surface area contributed by atoms with Crippen LogP contribution in [-0.4, -0.2) is 38.1 Å². The molecule has 0 bridgehead atoms. The minimum Gasteiger partial charge on any atom is -0.476 e. The first kappa shape index (κ1) is 14.9. The molecule has 1 saturated carbocycles. The number of ether oxygens (including phenoxy) is 1. The lowest BCUT2D eigenvalue weighted by Gasteiger charge is -2.15. The largest absolute Gasteiger partial charge is 0.476 e. The molecule has 1 heterocycles. The van der Waals surface area contributed by atoms with Gasteiger partial charge in [-0.25, -0.2) is 8.42 Å². The smallest absolute Gasteiger partial charge is 0.239 e. The molecule has 0 saturated heterocycles. The fourth-order valence-electron chi connectivity index (χ4n) is 1.88. The zero-order valence-electron chi connectivity index (χ0n) is 11.8. The van der Waals surface area contributed by atoms with Gasteiger partial charge in [-0.1, -0.05) is 0 Å². The first-order chi connectivity index (χ1) is 9.33. The SMILES string of the molecule is CC(CS(C)(=O)=O)Nc1ccc(N)c(OCC2CC2)n1. The van der Waals surface area contributed by atoms with Gasteiger partial charge in [-0.15, -0.1) is 0 Å². The molecule has 0 aliphatic heterocycles. The number of hydrogen-bond donors (Lipinski definition) is 2. The van der Waals surface area contributed by atoms with Crippen molar-refractivity contribution in [2.24, 2.45) is 5.92 Å². The van der Waals surface area contributed by atoms with Gasteiger partial charge in [-0.05, 0) is 37.8 Å². The Morgan fingerprint density at radius 1 is 1.50 bits per heavy atom. The maximum Gasteiger partial charge on any atom is 0.239 e. The van der Waals surface area contributed by atoms with Crippen molar-refractivity contribution in [1.82, 2.24) is 4.98 Å². The summed E-state index contributed by atoms with van der Waals surface area (Å²) in [5, 5.41) is 3.04. The highest BCUT2D eigenvalue weighted by molar-refractivity contribution is 7.90. The number of nitrogens with zero attached hydrogens (tertiary/aromatic N) is 1. The van der Waals surface area contributed by atoms with Crippen LogP contribution in [0.2, 0.25) is 0 Å². The molecule has 1 unspecified atom stereocenters. The van der Waals surface area contributed by atoms with E-state index < -0.39 is 9.84 Å². The average molecular weight is 299 g/mol. The van der Waals surface area contributed by atoms with Gasteiger partial charge in [0.15, 0.2) is 0 Å². The maximum absolute atomic E-state index is 11.2. The molecule has 1 aromatic rings. The Kier molecular flexibility index (Phi) is 4.37. The van der Waals surface area contributed by atoms with Gasteiger partial charge in [0.05, 0.1) is 18.0 Å². The van der Waals surface area contributed by atoms with E-state index in [0.717, 1.165) is 0 Å². The van der Waals surface area contributed by atoms with Gasteiger partial charge in [0.1, 0.15) is 15.7 Å². The number of nitrogens with one attached hydrogen (secondary N) is 1. The number of nitrogens with two attached hydrogens (primary N) is 1. The quantitative estimate of drug-likeness (QED) is 0.788. The van der Waals surface area contributed by atoms with Crippen LogP contribution in [0.15, 0.2) is 12.1 Å². The van der Waals surface area contributed by atoms with Crippen LogP contribution in [-0.2, 0) is 9.84 Å². The van der Waals surface area contributed by atoms with E-state index in [0.29, 0.717) is 29.9 Å². The number of pyridine rings is 1. The number of nitrogen functional groups attached to an aromatic ring is 1. The van der Waals surface area contributed by atoms with E-state index in [1.807, 2.05) is 0 Å². The van der Waals surface area contributed by atoms with E-state index in [2.05, 4.69) is 10.3 Å². The van der Waals surface area contributed by atoms with Gasteiger partial charge in [-0.2, -0.15) is 4.98 Å². The Balaban J connectivity index is 1.98. The molecule has 0 radical (unpaired) electrons. The van der Waals surface area contributed by atoms with Crippen LogP contribution < -0.4 is 15.8 Å². The van der Waals surface area contributed by atoms with Crippen LogP contribution in [0, 0.1) is 5.92 Å². The normalized spacial score (nSPS) is 16.7. The summed E-state index contributed by atoms with van der Waals surface area (Å²) in [5.41, 5.74) is 6.31. The van der Waals surface area contributed by atoms with Crippen LogP contribution in [0.25, 0.3) is 0 Å². The molecule has 6 nitrogen and oxygen atoms in total. The maximum atomic E-state index is 11.2. The monoisotopic (exact) mass is 299 g/mol. The molecule has 0 spiro atoms. The Morgan fingerprint density at radius 2 is 2.20 bits per heavy atom. The Labute approximate surface area is 119 Å². The third kappa shape index (κ3) is 4.88. The third-order valence-electron chi connectivity index (χ3n) is 2.99. The van der Waals surface area contributed by atoms with Gasteiger partial charge in [-0.3, -0.25) is 0 Å². The first-order valence-corrected chi connectivity index (χ1v) is 8.73. The van der Waals surface area contributed by atoms with Crippen molar-refractivity contribution in [3.05, 3.63) is 12.1 Å². The van der Waals surface area contributed by atoms with E-state index in [1.165, 1.54) is 19.1 Å². The molecule has 112 valence electrons. The number of hydrogen-bond acceptors (Lipinski definition) is 6. The molecule has 0 aromatic carbocycles. The van der Waals surface area contributed by atoms with Gasteiger partial charge in [0.25, 0.3) is 0 Å². The summed E-state index contributed by atoms with van der Waals surface area (Å²) >= 11 is 0. The lowest BCUT2D eigenvalue weighted by atomic mass is 10.3. The topological polar surface area (TPSA) is 94.3 Å². The molecule has 3 N–H and O–H groups in total. The highest BCUT2D eigenvalue weighted by Gasteiger charge is 2.22. The molecule has 7 heteroatoms. The average Bonchev–Trinajstić information content (AvgIpc) is 3.11. The summed E-state index contributed by atoms with van der Waals surface area (Å²) in [6, 6.07) is 3.21. The minimum atomic E-state index is -3.02. The molecule has 0 amide bonds. The van der Waals surface area contributed by atoms with Crippen LogP contribution in [0.4, 0.5) is 11.5 Å². The molecule has 1 aliphatic carbocycles. The zero-order valence-corrected chi connectivity index (χ0v) is 12.6. The summed E-state index contributed by atoms with van der Waals surface area (Å²) in [6.07, 6.45) is 3.61. The summed E-state index contributed by atoms with van der Waals surface area (Å²) < 4.78 is 28.1. The lowest BCUT2D eigenvalue weighted by Crippen LogP contribution is -2.25. The summed E-state index contributed by atoms with van der Waals surface area (Å²) in [6.45, 7) is 2.43. The molecule has 1 atom stereocenters. The second-order valence-corrected chi connectivity index (χ2v) is 7.67. The van der Waals surface area contributed by atoms with Crippen molar-refractivity contribution < 1.29 is 13.2 Å². The summed E-state index contributed by atoms with van der Waals surface area (Å²) in [4.78, 5) is 4.29. The fraction of sp³-hybridized carbons (Fsp3) is 0.615. The molecule has 20 heavy (non-hydrogen) atoms. The van der Waals surface area contributed by atoms with Crippen LogP contribution in [0.1, 0.15) is 19.8 Å². The van der Waals surface area contributed by atoms with Crippen molar-refractivity contribution >= 4 is 21.3 Å². The number of anilines is 2. The highest BCUT2D eigenvalue weighted by Crippen LogP contribution is 2.30. The van der Waals surface area contributed by atoms with Gasteiger partial charge in [0, 0.05) is 12.3 Å². The van der Waals surface area contributed by atoms with Crippen molar-refractivity contribution in [2.75, 3.05) is 29.7 Å². The van der Waals surface area contributed by atoms with Gasteiger partial charge >= 0.3 is 0 Å². The van der Waals surface area contributed by atoms with E-state index in [9.17, 15) is 8.42 Å². The number of sulfone groups is 1. The van der Waals surface area contributed by atoms with Crippen LogP contribution in [0.5, 0.6) is 5.88 Å². The number of rotatable bonds is 7. The molecular formula is C13H21N3O3S. The summed E-state index contributed by atoms with van der Waals surface area (Å²) in [5.74, 6) is 1.66. The molecular weight excluding hydrogens is 278 g/mol. The van der Waals surface area contributed by atoms with Crippen LogP contribution in [0.3, 0.4) is 0 Å². The third-order valence-corrected chi connectivity index (χ3v) is 4.09. The van der Waals surface area contributed by atoms with Crippen molar-refractivity contribution in [1.29, 1.82) is 0 Å². The Bertz CT molecular complexity index is 570. The standard InChI is InChI=1S/C13H21N3O3S/c1-9(8-20(2,17)18)15-12-6-5-11(14)13(16-12)19-7-10-3-4-10/h5-6,9-10H,3-4,7-8,14H2,1-2H3,(H,15,16). The summed E-state index contributed by atoms with van der Waals surface area (Å²) in [7, 11) is -3.02. The Morgan fingerprint density at radius 3 is 2.80 bits per heavy atom. The van der Waals surface area contributed by atoms with E-state index in [-0.39, 0.29) is 11.8 Å². The predicted octanol–water partition coefficient (Wildman–Crippen LogP) is 1.30. The molecule has 2 rings (SSSR count). The highest BCUT2D eigenvalue weighted by atomic mass is 32.2. The van der Waals surface area contributed by atoms with Crippen molar-refractivity contribution in [2.45, 2.75) is 25.8 Å². The van der Waals surface area contributed by atoms with E-state index >= 15 is 0 Å². The molecule has 1 aliphatic rings. The van der Waals surface area contributed by atoms with Gasteiger partial charge in [0.2, 0.25) is 5.88 Å². The molecule has 1 fully saturated rings. The second kappa shape index (κ2) is 5.87.